The van der Waals surface area contributed by atoms with Crippen molar-refractivity contribution in [3.63, 3.8) is 0 Å². The maximum Gasteiger partial charge on any atom is 0.227 e. The molecule has 0 aromatic carbocycles. The molecule has 1 aliphatic carbocycles. The molecule has 0 aliphatic heterocycles. The summed E-state index contributed by atoms with van der Waals surface area (Å²) in [7, 11) is 1.64. The zero-order valence-electron chi connectivity index (χ0n) is 14.1. The Bertz CT molecular complexity index is 367. The predicted octanol–water partition coefficient (Wildman–Crippen LogP) is 1.24. The first-order valence-electron chi connectivity index (χ1n) is 7.84. The lowest BCUT2D eigenvalue weighted by Crippen LogP contribution is -2.46. The molecule has 4 N–H and O–H groups in total. The minimum atomic E-state index is -0.528. The van der Waals surface area contributed by atoms with Gasteiger partial charge in [-0.25, -0.2) is 0 Å². The molecule has 1 amide bonds. The van der Waals surface area contributed by atoms with Gasteiger partial charge < -0.3 is 21.1 Å². The molecule has 130 valence electrons. The standard InChI is InChI=1S/C15H30N4O2.HI/c1-5-17-14(18-10-15(2,3)13(21)16-4)19-11-6-8-12(20)9-7-11;/h11-12,20H,5-10H2,1-4H3,(H,16,21)(H2,17,18,19);1H. The monoisotopic (exact) mass is 426 g/mol. The summed E-state index contributed by atoms with van der Waals surface area (Å²) < 4.78 is 0. The number of nitrogens with zero attached hydrogens (tertiary/aromatic N) is 1. The summed E-state index contributed by atoms with van der Waals surface area (Å²) in [5.41, 5.74) is -0.528. The van der Waals surface area contributed by atoms with Gasteiger partial charge in [0.15, 0.2) is 5.96 Å². The van der Waals surface area contributed by atoms with E-state index in [1.807, 2.05) is 20.8 Å². The van der Waals surface area contributed by atoms with Crippen LogP contribution < -0.4 is 16.0 Å². The third-order valence-corrected chi connectivity index (χ3v) is 3.86. The Kier molecular flexibility index (Phi) is 9.99. The van der Waals surface area contributed by atoms with Crippen molar-refractivity contribution in [1.82, 2.24) is 16.0 Å². The van der Waals surface area contributed by atoms with Crippen LogP contribution in [0.1, 0.15) is 46.5 Å². The highest BCUT2D eigenvalue weighted by molar-refractivity contribution is 14.0. The van der Waals surface area contributed by atoms with Crippen molar-refractivity contribution >= 4 is 35.8 Å². The van der Waals surface area contributed by atoms with Gasteiger partial charge in [0.2, 0.25) is 5.91 Å². The Hall–Kier alpha value is -0.570. The molecule has 6 nitrogen and oxygen atoms in total. The number of aliphatic hydroxyl groups excluding tert-OH is 1. The molecule has 1 rings (SSSR count). The Morgan fingerprint density at radius 2 is 1.86 bits per heavy atom. The van der Waals surface area contributed by atoms with Crippen LogP contribution in [0.4, 0.5) is 0 Å². The maximum absolute atomic E-state index is 11.8. The fourth-order valence-corrected chi connectivity index (χ4v) is 2.42. The number of hydrogen-bond acceptors (Lipinski definition) is 3. The van der Waals surface area contributed by atoms with Crippen LogP contribution in [-0.2, 0) is 4.79 Å². The largest absolute Gasteiger partial charge is 0.393 e. The maximum atomic E-state index is 11.8. The molecular formula is C15H31IN4O2. The summed E-state index contributed by atoms with van der Waals surface area (Å²) in [6.45, 7) is 7.00. The number of aliphatic hydroxyl groups is 1. The van der Waals surface area contributed by atoms with Crippen LogP contribution in [0.15, 0.2) is 4.99 Å². The van der Waals surface area contributed by atoms with Gasteiger partial charge in [0, 0.05) is 19.6 Å². The van der Waals surface area contributed by atoms with E-state index in [9.17, 15) is 9.90 Å². The molecule has 0 radical (unpaired) electrons. The number of aliphatic imine (C=N–C) groups is 1. The zero-order valence-corrected chi connectivity index (χ0v) is 16.4. The number of carbonyl (C=O) groups is 1. The Morgan fingerprint density at radius 1 is 1.27 bits per heavy atom. The van der Waals surface area contributed by atoms with Gasteiger partial charge in [-0.15, -0.1) is 24.0 Å². The number of hydrogen-bond donors (Lipinski definition) is 4. The van der Waals surface area contributed by atoms with Crippen molar-refractivity contribution in [2.45, 2.75) is 58.6 Å². The van der Waals surface area contributed by atoms with E-state index in [4.69, 9.17) is 0 Å². The first-order chi connectivity index (χ1) is 9.89. The average molecular weight is 426 g/mol. The highest BCUT2D eigenvalue weighted by Gasteiger charge is 2.26. The normalized spacial score (nSPS) is 22.5. The molecular weight excluding hydrogens is 395 g/mol. The van der Waals surface area contributed by atoms with Crippen LogP contribution in [0.2, 0.25) is 0 Å². The van der Waals surface area contributed by atoms with E-state index in [2.05, 4.69) is 20.9 Å². The summed E-state index contributed by atoms with van der Waals surface area (Å²) in [6, 6.07) is 0.342. The summed E-state index contributed by atoms with van der Waals surface area (Å²) in [5, 5.41) is 18.8. The minimum Gasteiger partial charge on any atom is -0.393 e. The van der Waals surface area contributed by atoms with Gasteiger partial charge >= 0.3 is 0 Å². The van der Waals surface area contributed by atoms with Crippen LogP contribution in [0, 0.1) is 5.41 Å². The first-order valence-corrected chi connectivity index (χ1v) is 7.84. The Labute approximate surface area is 150 Å². The van der Waals surface area contributed by atoms with Gasteiger partial charge in [-0.3, -0.25) is 9.79 Å². The smallest absolute Gasteiger partial charge is 0.227 e. The van der Waals surface area contributed by atoms with E-state index in [1.54, 1.807) is 7.05 Å². The minimum absolute atomic E-state index is 0. The summed E-state index contributed by atoms with van der Waals surface area (Å²) in [6.07, 6.45) is 3.41. The van der Waals surface area contributed by atoms with Crippen molar-refractivity contribution in [2.75, 3.05) is 20.1 Å². The van der Waals surface area contributed by atoms with Crippen molar-refractivity contribution in [3.8, 4) is 0 Å². The van der Waals surface area contributed by atoms with Crippen molar-refractivity contribution in [2.24, 2.45) is 10.4 Å². The summed E-state index contributed by atoms with van der Waals surface area (Å²) in [4.78, 5) is 16.3. The van der Waals surface area contributed by atoms with E-state index in [1.165, 1.54) is 0 Å². The van der Waals surface area contributed by atoms with Gasteiger partial charge in [-0.2, -0.15) is 0 Å². The van der Waals surface area contributed by atoms with E-state index in [0.717, 1.165) is 38.2 Å². The van der Waals surface area contributed by atoms with E-state index < -0.39 is 5.41 Å². The fraction of sp³-hybridized carbons (Fsp3) is 0.867. The second-order valence-corrected chi connectivity index (χ2v) is 6.31. The van der Waals surface area contributed by atoms with Crippen molar-refractivity contribution in [1.29, 1.82) is 0 Å². The molecule has 7 heteroatoms. The molecule has 22 heavy (non-hydrogen) atoms. The second kappa shape index (κ2) is 10.3. The predicted molar refractivity (Wildman–Crippen MR) is 101 cm³/mol. The van der Waals surface area contributed by atoms with Crippen LogP contribution >= 0.6 is 24.0 Å². The highest BCUT2D eigenvalue weighted by atomic mass is 127. The molecule has 0 spiro atoms. The van der Waals surface area contributed by atoms with Crippen molar-refractivity contribution < 1.29 is 9.90 Å². The Balaban J connectivity index is 0.00000441. The molecule has 0 saturated heterocycles. The van der Waals surface area contributed by atoms with Gasteiger partial charge in [-0.05, 0) is 46.5 Å². The summed E-state index contributed by atoms with van der Waals surface area (Å²) in [5.74, 6) is 0.735. The number of nitrogens with one attached hydrogen (secondary N) is 3. The topological polar surface area (TPSA) is 85.8 Å². The van der Waals surface area contributed by atoms with E-state index in [0.29, 0.717) is 12.6 Å². The quantitative estimate of drug-likeness (QED) is 0.303. The molecule has 0 bridgehead atoms. The lowest BCUT2D eigenvalue weighted by atomic mass is 9.92. The van der Waals surface area contributed by atoms with Gasteiger partial charge in [0.25, 0.3) is 0 Å². The number of rotatable bonds is 5. The number of carbonyl (C=O) groups excluding carboxylic acids is 1. The van der Waals surface area contributed by atoms with Gasteiger partial charge in [0.1, 0.15) is 0 Å². The second-order valence-electron chi connectivity index (χ2n) is 6.31. The number of halogens is 1. The average Bonchev–Trinajstić information content (AvgIpc) is 2.46. The van der Waals surface area contributed by atoms with Gasteiger partial charge in [-0.1, -0.05) is 0 Å². The van der Waals surface area contributed by atoms with Crippen LogP contribution in [-0.4, -0.2) is 49.3 Å². The van der Waals surface area contributed by atoms with Crippen LogP contribution in [0.3, 0.4) is 0 Å². The molecule has 0 aromatic heterocycles. The molecule has 0 unspecified atom stereocenters. The van der Waals surface area contributed by atoms with Crippen molar-refractivity contribution in [3.05, 3.63) is 0 Å². The van der Waals surface area contributed by atoms with Gasteiger partial charge in [0.05, 0.1) is 18.1 Å². The molecule has 0 atom stereocenters. The third kappa shape index (κ3) is 7.13. The Morgan fingerprint density at radius 3 is 2.36 bits per heavy atom. The van der Waals surface area contributed by atoms with E-state index >= 15 is 0 Å². The summed E-state index contributed by atoms with van der Waals surface area (Å²) >= 11 is 0. The molecule has 1 aliphatic rings. The van der Waals surface area contributed by atoms with E-state index in [-0.39, 0.29) is 36.0 Å². The van der Waals surface area contributed by atoms with Crippen LogP contribution in [0.5, 0.6) is 0 Å². The fourth-order valence-electron chi connectivity index (χ4n) is 2.42. The first kappa shape index (κ1) is 21.4. The molecule has 0 aromatic rings. The number of amides is 1. The lowest BCUT2D eigenvalue weighted by molar-refractivity contribution is -0.128. The zero-order chi connectivity index (χ0) is 15.9. The molecule has 1 saturated carbocycles. The van der Waals surface area contributed by atoms with Crippen LogP contribution in [0.25, 0.3) is 0 Å². The lowest BCUT2D eigenvalue weighted by Gasteiger charge is -2.28. The highest BCUT2D eigenvalue weighted by Crippen LogP contribution is 2.18. The molecule has 0 heterocycles. The number of guanidine groups is 1. The SMILES string of the molecule is CCNC(=NCC(C)(C)C(=O)NC)NC1CCC(O)CC1.I. The third-order valence-electron chi connectivity index (χ3n) is 3.86. The molecule has 1 fully saturated rings.